The summed E-state index contributed by atoms with van der Waals surface area (Å²) in [6.07, 6.45) is -2.50. The number of hydrogen-bond donors (Lipinski definition) is 1. The van der Waals surface area contributed by atoms with Crippen LogP contribution in [0.25, 0.3) is 0 Å². The maximum atomic E-state index is 12.4. The Kier molecular flexibility index (Phi) is 4.20. The summed E-state index contributed by atoms with van der Waals surface area (Å²) < 4.78 is 37.3. The zero-order valence-corrected chi connectivity index (χ0v) is 9.40. The molecule has 0 bridgehead atoms. The van der Waals surface area contributed by atoms with Crippen LogP contribution in [0.5, 0.6) is 0 Å². The quantitative estimate of drug-likeness (QED) is 0.814. The van der Waals surface area contributed by atoms with Crippen molar-refractivity contribution in [3.05, 3.63) is 0 Å². The smallest absolute Gasteiger partial charge is 0.299 e. The highest BCUT2D eigenvalue weighted by Gasteiger charge is 2.45. The van der Waals surface area contributed by atoms with Crippen LogP contribution in [-0.2, 0) is 0 Å². The molecule has 92 valence electrons. The van der Waals surface area contributed by atoms with Gasteiger partial charge in [-0.25, -0.2) is 0 Å². The molecule has 1 aliphatic carbocycles. The molecule has 0 aliphatic heterocycles. The fourth-order valence-electron chi connectivity index (χ4n) is 2.13. The van der Waals surface area contributed by atoms with E-state index in [2.05, 4.69) is 11.4 Å². The van der Waals surface area contributed by atoms with Crippen LogP contribution in [0.4, 0.5) is 13.2 Å². The van der Waals surface area contributed by atoms with Gasteiger partial charge in [0, 0.05) is 0 Å². The maximum absolute atomic E-state index is 12.4. The Balaban J connectivity index is 2.54. The Hall–Kier alpha value is -0.760. The zero-order chi connectivity index (χ0) is 12.2. The van der Waals surface area contributed by atoms with Gasteiger partial charge in [0.2, 0.25) is 0 Å². The highest BCUT2D eigenvalue weighted by atomic mass is 19.4. The number of alkyl halides is 3. The molecule has 0 amide bonds. The molecule has 1 fully saturated rings. The topological polar surface area (TPSA) is 35.8 Å². The summed E-state index contributed by atoms with van der Waals surface area (Å²) in [5, 5.41) is 12.1. The molecule has 0 radical (unpaired) electrons. The fraction of sp³-hybridized carbons (Fsp3) is 0.909. The van der Waals surface area contributed by atoms with Crippen molar-refractivity contribution < 1.29 is 13.2 Å². The second-order valence-electron chi connectivity index (χ2n) is 4.44. The van der Waals surface area contributed by atoms with Gasteiger partial charge in [-0.2, -0.15) is 18.4 Å². The maximum Gasteiger partial charge on any atom is 0.391 e. The third kappa shape index (κ3) is 3.11. The summed E-state index contributed by atoms with van der Waals surface area (Å²) in [5.74, 6) is -1.22. The van der Waals surface area contributed by atoms with Crippen molar-refractivity contribution >= 4 is 0 Å². The first-order valence-corrected chi connectivity index (χ1v) is 5.66. The normalized spacial score (nSPS) is 31.1. The average Bonchev–Trinajstić information content (AvgIpc) is 2.26. The van der Waals surface area contributed by atoms with Crippen LogP contribution in [0.3, 0.4) is 0 Å². The van der Waals surface area contributed by atoms with Crippen molar-refractivity contribution in [2.75, 3.05) is 6.54 Å². The highest BCUT2D eigenvalue weighted by Crippen LogP contribution is 2.40. The Labute approximate surface area is 93.8 Å². The molecule has 0 saturated heterocycles. The van der Waals surface area contributed by atoms with E-state index in [-0.39, 0.29) is 12.8 Å². The summed E-state index contributed by atoms with van der Waals surface area (Å²) in [5.41, 5.74) is -0.724. The standard InChI is InChI=1S/C11H17F3N2/c1-2-7-16-10(8-15)5-3-9(4-6-10)11(12,13)14/h9,16H,2-7H2,1H3. The van der Waals surface area contributed by atoms with Gasteiger partial charge < -0.3 is 0 Å². The first kappa shape index (κ1) is 13.3. The van der Waals surface area contributed by atoms with Gasteiger partial charge >= 0.3 is 6.18 Å². The number of nitrogens with one attached hydrogen (secondary N) is 1. The average molecular weight is 234 g/mol. The van der Waals surface area contributed by atoms with E-state index in [4.69, 9.17) is 5.26 Å². The first-order valence-electron chi connectivity index (χ1n) is 5.66. The molecule has 16 heavy (non-hydrogen) atoms. The second kappa shape index (κ2) is 5.05. The molecule has 0 heterocycles. The van der Waals surface area contributed by atoms with Gasteiger partial charge in [-0.3, -0.25) is 5.32 Å². The lowest BCUT2D eigenvalue weighted by Gasteiger charge is -2.36. The Morgan fingerprint density at radius 2 is 1.94 bits per heavy atom. The van der Waals surface area contributed by atoms with Crippen LogP contribution in [0, 0.1) is 17.2 Å². The summed E-state index contributed by atoms with van der Waals surface area (Å²) in [6.45, 7) is 2.66. The predicted octanol–water partition coefficient (Wildman–Crippen LogP) is 3.00. The van der Waals surface area contributed by atoms with E-state index in [0.717, 1.165) is 6.42 Å². The molecule has 0 unspecified atom stereocenters. The molecule has 0 aromatic heterocycles. The van der Waals surface area contributed by atoms with Gasteiger partial charge in [0.1, 0.15) is 5.54 Å². The third-order valence-electron chi connectivity index (χ3n) is 3.23. The van der Waals surface area contributed by atoms with E-state index < -0.39 is 17.6 Å². The molecular formula is C11H17F3N2. The highest BCUT2D eigenvalue weighted by molar-refractivity contribution is 5.09. The molecule has 0 aromatic carbocycles. The number of rotatable bonds is 3. The van der Waals surface area contributed by atoms with Crippen molar-refractivity contribution in [2.45, 2.75) is 50.7 Å². The van der Waals surface area contributed by atoms with Gasteiger partial charge in [-0.1, -0.05) is 6.92 Å². The molecule has 1 rings (SSSR count). The Morgan fingerprint density at radius 1 is 1.38 bits per heavy atom. The number of nitriles is 1. The van der Waals surface area contributed by atoms with E-state index in [1.165, 1.54) is 0 Å². The minimum atomic E-state index is -4.10. The largest absolute Gasteiger partial charge is 0.391 e. The van der Waals surface area contributed by atoms with Gasteiger partial charge in [0.05, 0.1) is 12.0 Å². The molecule has 1 N–H and O–H groups in total. The van der Waals surface area contributed by atoms with E-state index in [0.29, 0.717) is 19.4 Å². The Bertz CT molecular complexity index is 259. The SMILES string of the molecule is CCCNC1(C#N)CCC(C(F)(F)F)CC1. The van der Waals surface area contributed by atoms with Gasteiger partial charge in [0.25, 0.3) is 0 Å². The zero-order valence-electron chi connectivity index (χ0n) is 9.40. The molecular weight excluding hydrogens is 217 g/mol. The van der Waals surface area contributed by atoms with Crippen LogP contribution in [0.1, 0.15) is 39.0 Å². The lowest BCUT2D eigenvalue weighted by atomic mass is 9.77. The lowest BCUT2D eigenvalue weighted by molar-refractivity contribution is -0.184. The molecule has 0 spiro atoms. The molecule has 1 saturated carbocycles. The summed E-state index contributed by atoms with van der Waals surface area (Å²) in [4.78, 5) is 0. The van der Waals surface area contributed by atoms with E-state index in [1.54, 1.807) is 0 Å². The van der Waals surface area contributed by atoms with Crippen molar-refractivity contribution in [2.24, 2.45) is 5.92 Å². The van der Waals surface area contributed by atoms with Crippen molar-refractivity contribution in [1.82, 2.24) is 5.32 Å². The van der Waals surface area contributed by atoms with Crippen molar-refractivity contribution in [1.29, 1.82) is 5.26 Å². The van der Waals surface area contributed by atoms with Crippen LogP contribution in [-0.4, -0.2) is 18.3 Å². The molecule has 5 heteroatoms. The number of halogens is 3. The van der Waals surface area contributed by atoms with Crippen molar-refractivity contribution in [3.8, 4) is 6.07 Å². The van der Waals surface area contributed by atoms with Crippen LogP contribution < -0.4 is 5.32 Å². The predicted molar refractivity (Wildman–Crippen MR) is 54.7 cm³/mol. The van der Waals surface area contributed by atoms with Crippen LogP contribution in [0.15, 0.2) is 0 Å². The fourth-order valence-corrected chi connectivity index (χ4v) is 2.13. The van der Waals surface area contributed by atoms with E-state index in [9.17, 15) is 13.2 Å². The minimum Gasteiger partial charge on any atom is -0.299 e. The third-order valence-corrected chi connectivity index (χ3v) is 3.23. The van der Waals surface area contributed by atoms with Crippen LogP contribution in [0.2, 0.25) is 0 Å². The molecule has 1 aliphatic rings. The van der Waals surface area contributed by atoms with Gasteiger partial charge in [-0.05, 0) is 38.6 Å². The second-order valence-corrected chi connectivity index (χ2v) is 4.44. The number of hydrogen-bond acceptors (Lipinski definition) is 2. The number of nitrogens with zero attached hydrogens (tertiary/aromatic N) is 1. The lowest BCUT2D eigenvalue weighted by Crippen LogP contribution is -2.48. The van der Waals surface area contributed by atoms with Crippen LogP contribution >= 0.6 is 0 Å². The Morgan fingerprint density at radius 3 is 2.31 bits per heavy atom. The summed E-state index contributed by atoms with van der Waals surface area (Å²) >= 11 is 0. The van der Waals surface area contributed by atoms with E-state index in [1.807, 2.05) is 6.92 Å². The van der Waals surface area contributed by atoms with E-state index >= 15 is 0 Å². The monoisotopic (exact) mass is 234 g/mol. The van der Waals surface area contributed by atoms with Crippen molar-refractivity contribution in [3.63, 3.8) is 0 Å². The molecule has 2 nitrogen and oxygen atoms in total. The van der Waals surface area contributed by atoms with Gasteiger partial charge in [-0.15, -0.1) is 0 Å². The molecule has 0 aromatic rings. The summed E-state index contributed by atoms with van der Waals surface area (Å²) in [6, 6.07) is 2.15. The van der Waals surface area contributed by atoms with Gasteiger partial charge in [0.15, 0.2) is 0 Å². The minimum absolute atomic E-state index is 0.0633. The molecule has 0 atom stereocenters. The first-order chi connectivity index (χ1) is 7.43. The summed E-state index contributed by atoms with van der Waals surface area (Å²) in [7, 11) is 0.